The fourth-order valence-electron chi connectivity index (χ4n) is 14.4. The van der Waals surface area contributed by atoms with Crippen molar-refractivity contribution in [3.63, 3.8) is 0 Å². The van der Waals surface area contributed by atoms with E-state index in [0.717, 1.165) is 45.1 Å². The van der Waals surface area contributed by atoms with Gasteiger partial charge in [-0.25, -0.2) is 0 Å². The minimum absolute atomic E-state index is 0.0243. The lowest BCUT2D eigenvalue weighted by Crippen LogP contribution is -2.61. The molecule has 0 unspecified atom stereocenters. The average Bonchev–Trinajstić information content (AvgIpc) is 1.67. The first kappa shape index (κ1) is 55.0. The summed E-state index contributed by atoms with van der Waals surface area (Å²) in [6, 6.07) is 77.3. The molecule has 0 spiro atoms. The third-order valence-corrected chi connectivity index (χ3v) is 20.5. The molecule has 4 nitrogen and oxygen atoms in total. The van der Waals surface area contributed by atoms with Crippen LogP contribution in [0.4, 0.5) is 45.5 Å². The van der Waals surface area contributed by atoms with Crippen LogP contribution < -0.4 is 25.5 Å². The van der Waals surface area contributed by atoms with Gasteiger partial charge in [0.05, 0.1) is 22.3 Å². The number of rotatable bonds is 6. The molecule has 1 aliphatic carbocycles. The van der Waals surface area contributed by atoms with Crippen molar-refractivity contribution < 1.29 is 4.42 Å². The van der Waals surface area contributed by atoms with Crippen LogP contribution in [0.15, 0.2) is 211 Å². The molecule has 430 valence electrons. The maximum absolute atomic E-state index is 6.48. The van der Waals surface area contributed by atoms with Crippen molar-refractivity contribution >= 4 is 106 Å². The van der Waals surface area contributed by atoms with Crippen molar-refractivity contribution in [1.29, 1.82) is 0 Å². The Labute approximate surface area is 518 Å². The summed E-state index contributed by atoms with van der Waals surface area (Å²) in [6.07, 6.45) is 1.86. The summed E-state index contributed by atoms with van der Waals surface area (Å²) in [5.41, 5.74) is 27.7. The Kier molecular flexibility index (Phi) is 12.2. The maximum atomic E-state index is 6.48. The smallest absolute Gasteiger partial charge is 0.333 e. The van der Waals surface area contributed by atoms with Crippen LogP contribution >= 0.6 is 11.3 Å². The number of anilines is 8. The van der Waals surface area contributed by atoms with Crippen molar-refractivity contribution in [2.24, 2.45) is 0 Å². The lowest BCUT2D eigenvalue weighted by molar-refractivity contribution is 0.590. The van der Waals surface area contributed by atoms with Crippen LogP contribution in [-0.4, -0.2) is 6.85 Å². The highest BCUT2D eigenvalue weighted by molar-refractivity contribution is 7.26. The minimum atomic E-state index is -0.318. The number of hydrogen-bond donors (Lipinski definition) is 0. The normalized spacial score (nSPS) is 14.3. The Morgan fingerprint density at radius 2 is 1.03 bits per heavy atom. The second-order valence-corrected chi connectivity index (χ2v) is 30.5. The van der Waals surface area contributed by atoms with Gasteiger partial charge >= 0.3 is 6.85 Å². The number of hydrogen-bond acceptors (Lipinski definition) is 5. The SMILES string of the molecule is CC(C)(C)c1ccc(N2B3c4cc5occc5cc4N(c4ccc(C(C)(C)C)cc4-c4ccccc4)c4c3c(cc3c4sc4ccccc43)-c3cc4c(cc32)C(C)(C)c2ccc(N(c3ccc(C(C)(C)C)cc3)c3ccc(C(C)(C)C)cc3)cc2-4)cc1. The van der Waals surface area contributed by atoms with Gasteiger partial charge in [-0.2, -0.15) is 0 Å². The molecule has 2 aromatic heterocycles. The molecule has 6 heteroatoms. The first-order chi connectivity index (χ1) is 41.4. The number of thiophene rings is 1. The summed E-state index contributed by atoms with van der Waals surface area (Å²) in [4.78, 5) is 7.82. The van der Waals surface area contributed by atoms with E-state index in [1.54, 1.807) is 0 Å². The summed E-state index contributed by atoms with van der Waals surface area (Å²) in [7, 11) is 0. The summed E-state index contributed by atoms with van der Waals surface area (Å²) < 4.78 is 9.04. The van der Waals surface area contributed by atoms with Crippen molar-refractivity contribution in [1.82, 2.24) is 0 Å². The highest BCUT2D eigenvalue weighted by atomic mass is 32.1. The van der Waals surface area contributed by atoms with Crippen LogP contribution in [0.2, 0.25) is 0 Å². The van der Waals surface area contributed by atoms with Gasteiger partial charge in [0.2, 0.25) is 0 Å². The monoisotopic (exact) mass is 1150 g/mol. The first-order valence-electron chi connectivity index (χ1n) is 31.2. The van der Waals surface area contributed by atoms with Crippen LogP contribution in [0.1, 0.15) is 130 Å². The van der Waals surface area contributed by atoms with Crippen molar-refractivity contribution in [2.75, 3.05) is 14.6 Å². The molecule has 10 aromatic carbocycles. The fraction of sp³-hybridized carbons (Fsp3) is 0.235. The molecule has 0 saturated carbocycles. The van der Waals surface area contributed by atoms with E-state index in [0.29, 0.717) is 0 Å². The molecule has 0 atom stereocenters. The molecule has 87 heavy (non-hydrogen) atoms. The highest BCUT2D eigenvalue weighted by Crippen LogP contribution is 2.58. The molecule has 0 radical (unpaired) electrons. The summed E-state index contributed by atoms with van der Waals surface area (Å²) in [6.45, 7) is 32.3. The molecule has 12 aromatic rings. The van der Waals surface area contributed by atoms with Crippen molar-refractivity contribution in [3.05, 3.63) is 240 Å². The minimum Gasteiger partial charge on any atom is -0.464 e. The second kappa shape index (κ2) is 19.2. The van der Waals surface area contributed by atoms with Gasteiger partial charge in [0, 0.05) is 71.5 Å². The number of furan rings is 1. The third kappa shape index (κ3) is 8.75. The zero-order valence-corrected chi connectivity index (χ0v) is 53.7. The van der Waals surface area contributed by atoms with Gasteiger partial charge in [-0.15, -0.1) is 11.3 Å². The molecule has 4 heterocycles. The number of nitrogens with zero attached hydrogens (tertiary/aromatic N) is 3. The first-order valence-corrected chi connectivity index (χ1v) is 32.0. The van der Waals surface area contributed by atoms with Gasteiger partial charge in [0.1, 0.15) is 5.58 Å². The van der Waals surface area contributed by atoms with Gasteiger partial charge < -0.3 is 19.0 Å². The summed E-state index contributed by atoms with van der Waals surface area (Å²) in [5, 5.41) is 3.63. The van der Waals surface area contributed by atoms with Crippen molar-refractivity contribution in [3.8, 4) is 33.4 Å². The zero-order valence-electron chi connectivity index (χ0n) is 52.9. The van der Waals surface area contributed by atoms with Crippen molar-refractivity contribution in [2.45, 2.75) is 124 Å². The Morgan fingerprint density at radius 3 is 1.68 bits per heavy atom. The van der Waals surface area contributed by atoms with Gasteiger partial charge in [-0.3, -0.25) is 0 Å². The highest BCUT2D eigenvalue weighted by Gasteiger charge is 2.49. The molecular formula is C81H76BN3OS. The van der Waals surface area contributed by atoms with E-state index in [-0.39, 0.29) is 33.9 Å². The Hall–Kier alpha value is -8.58. The fourth-order valence-corrected chi connectivity index (χ4v) is 15.6. The molecular weight excluding hydrogens is 1070 g/mol. The van der Waals surface area contributed by atoms with Gasteiger partial charge in [0.15, 0.2) is 0 Å². The maximum Gasteiger partial charge on any atom is 0.333 e. The Morgan fingerprint density at radius 1 is 0.448 bits per heavy atom. The van der Waals surface area contributed by atoms with Crippen LogP contribution in [-0.2, 0) is 27.1 Å². The van der Waals surface area contributed by atoms with E-state index in [4.69, 9.17) is 4.42 Å². The summed E-state index contributed by atoms with van der Waals surface area (Å²) in [5.74, 6) is 0. The van der Waals surface area contributed by atoms with Crippen LogP contribution in [0, 0.1) is 0 Å². The van der Waals surface area contributed by atoms with E-state index < -0.39 is 0 Å². The summed E-state index contributed by atoms with van der Waals surface area (Å²) >= 11 is 1.92. The molecule has 0 N–H and O–H groups in total. The standard InChI is InChI=1S/C81H76BN3OS/c1-77(2,3)51-24-31-55(32-25-51)83(56-33-26-52(27-34-56)78(4,5)6)58-37-38-66-61(44-58)62-45-63-64-46-65-59-22-18-19-23-73(59)87-76(65)75-74(64)82(85(70(63)47-67(62)81(66,13)14)57-35-28-53(29-36-57)79(7,8)9)68-48-72-50(40-41-86-72)42-71(68)84(75)69-39-30-54(80(10,11)12)43-60(69)49-20-16-15-17-21-49/h15-48H,1-14H3. The quantitative estimate of drug-likeness (QED) is 0.155. The molecule has 0 amide bonds. The third-order valence-electron chi connectivity index (χ3n) is 19.3. The van der Waals surface area contributed by atoms with E-state index in [9.17, 15) is 0 Å². The lowest BCUT2D eigenvalue weighted by Gasteiger charge is -2.46. The molecule has 0 fully saturated rings. The van der Waals surface area contributed by atoms with Crippen LogP contribution in [0.5, 0.6) is 0 Å². The predicted molar refractivity (Wildman–Crippen MR) is 375 cm³/mol. The van der Waals surface area contributed by atoms with E-state index in [1.165, 1.54) is 109 Å². The molecule has 3 aliphatic rings. The molecule has 2 aliphatic heterocycles. The van der Waals surface area contributed by atoms with Crippen LogP contribution in [0.3, 0.4) is 0 Å². The molecule has 0 bridgehead atoms. The number of benzene rings is 10. The zero-order chi connectivity index (χ0) is 60.4. The van der Waals surface area contributed by atoms with E-state index >= 15 is 0 Å². The van der Waals surface area contributed by atoms with Gasteiger partial charge in [0.25, 0.3) is 0 Å². The molecule has 0 saturated heterocycles. The second-order valence-electron chi connectivity index (χ2n) is 29.5. The Bertz CT molecular complexity index is 4690. The van der Waals surface area contributed by atoms with E-state index in [1.807, 2.05) is 17.6 Å². The van der Waals surface area contributed by atoms with Gasteiger partial charge in [-0.1, -0.05) is 194 Å². The number of fused-ring (bicyclic) bond motifs is 12. The van der Waals surface area contributed by atoms with Gasteiger partial charge in [-0.05, 0) is 191 Å². The Balaban J connectivity index is 1.04. The van der Waals surface area contributed by atoms with Crippen LogP contribution in [0.25, 0.3) is 64.5 Å². The largest absolute Gasteiger partial charge is 0.464 e. The lowest BCUT2D eigenvalue weighted by atomic mass is 9.43. The molecule has 15 rings (SSSR count). The average molecular weight is 1150 g/mol. The van der Waals surface area contributed by atoms with E-state index in [2.05, 4.69) is 312 Å². The predicted octanol–water partition coefficient (Wildman–Crippen LogP) is 22.1. The topological polar surface area (TPSA) is 22.9 Å².